The van der Waals surface area contributed by atoms with Gasteiger partial charge in [-0.15, -0.1) is 0 Å². The Bertz CT molecular complexity index is 234. The lowest BCUT2D eigenvalue weighted by Crippen LogP contribution is -2.24. The molecule has 0 radical (unpaired) electrons. The van der Waals surface area contributed by atoms with E-state index in [1.165, 1.54) is 38.5 Å². The van der Waals surface area contributed by atoms with Crippen LogP contribution in [0.4, 0.5) is 0 Å². The van der Waals surface area contributed by atoms with Crippen molar-refractivity contribution in [2.24, 2.45) is 5.92 Å². The van der Waals surface area contributed by atoms with Gasteiger partial charge in [0.05, 0.1) is 0 Å². The van der Waals surface area contributed by atoms with Crippen molar-refractivity contribution in [3.05, 3.63) is 11.1 Å². The summed E-state index contributed by atoms with van der Waals surface area (Å²) in [4.78, 5) is 11.4. The quantitative estimate of drug-likeness (QED) is 0.792. The molecule has 1 fully saturated rings. The minimum absolute atomic E-state index is 0.149. The van der Waals surface area contributed by atoms with Gasteiger partial charge in [0, 0.05) is 17.4 Å². The molecule has 0 bridgehead atoms. The Balaban J connectivity index is 2.01. The van der Waals surface area contributed by atoms with Crippen molar-refractivity contribution in [3.63, 3.8) is 0 Å². The molecule has 0 atom stereocenters. The van der Waals surface area contributed by atoms with Crippen LogP contribution in [0.25, 0.3) is 0 Å². The smallest absolute Gasteiger partial charge is 0.220 e. The van der Waals surface area contributed by atoms with Crippen molar-refractivity contribution in [2.75, 3.05) is 6.54 Å². The van der Waals surface area contributed by atoms with Gasteiger partial charge in [-0.2, -0.15) is 0 Å². The maximum Gasteiger partial charge on any atom is 0.220 e. The highest BCUT2D eigenvalue weighted by molar-refractivity contribution is 9.11. The lowest BCUT2D eigenvalue weighted by atomic mass is 9.86. The molecule has 0 heterocycles. The zero-order valence-electron chi connectivity index (χ0n) is 9.93. The number of rotatable bonds is 6. The van der Waals surface area contributed by atoms with E-state index in [0.717, 1.165) is 16.8 Å². The average molecular weight is 288 g/mol. The average Bonchev–Trinajstić information content (AvgIpc) is 2.28. The van der Waals surface area contributed by atoms with Crippen molar-refractivity contribution >= 4 is 21.8 Å². The Labute approximate surface area is 107 Å². The fraction of sp³-hybridized carbons (Fsp3) is 0.769. The molecule has 92 valence electrons. The third-order valence-corrected chi connectivity index (χ3v) is 3.50. The van der Waals surface area contributed by atoms with E-state index in [1.54, 1.807) is 0 Å². The molecule has 0 aromatic heterocycles. The summed E-state index contributed by atoms with van der Waals surface area (Å²) in [5.74, 6) is 1.03. The molecule has 1 N–H and O–H groups in total. The molecule has 16 heavy (non-hydrogen) atoms. The minimum atomic E-state index is 0.149. The lowest BCUT2D eigenvalue weighted by molar-refractivity contribution is -0.121. The molecule has 2 nitrogen and oxygen atoms in total. The topological polar surface area (TPSA) is 29.1 Å². The number of hydrogen-bond donors (Lipinski definition) is 1. The summed E-state index contributed by atoms with van der Waals surface area (Å²) in [5, 5.41) is 2.83. The number of carbonyl (C=O) groups is 1. The zero-order valence-corrected chi connectivity index (χ0v) is 11.5. The number of nitrogens with one attached hydrogen (secondary N) is 1. The fourth-order valence-electron chi connectivity index (χ4n) is 2.31. The van der Waals surface area contributed by atoms with Gasteiger partial charge >= 0.3 is 0 Å². The van der Waals surface area contributed by atoms with Gasteiger partial charge in [0.2, 0.25) is 5.91 Å². The second-order valence-corrected chi connectivity index (χ2v) is 5.81. The monoisotopic (exact) mass is 287 g/mol. The van der Waals surface area contributed by atoms with Crippen LogP contribution in [0.3, 0.4) is 0 Å². The standard InChI is InChI=1S/C13H22BrNO/c1-11(14)10-15-13(16)9-5-8-12-6-3-2-4-7-12/h12H,1-10H2,(H,15,16). The number of hydrogen-bond acceptors (Lipinski definition) is 1. The SMILES string of the molecule is C=C(Br)CNC(=O)CCCC1CCCCC1. The lowest BCUT2D eigenvalue weighted by Gasteiger charge is -2.21. The Morgan fingerprint density at radius 2 is 2.00 bits per heavy atom. The van der Waals surface area contributed by atoms with E-state index in [4.69, 9.17) is 0 Å². The van der Waals surface area contributed by atoms with Crippen LogP contribution in [0.2, 0.25) is 0 Å². The zero-order chi connectivity index (χ0) is 11.8. The minimum Gasteiger partial charge on any atom is -0.352 e. The van der Waals surface area contributed by atoms with Gasteiger partial charge in [0.25, 0.3) is 0 Å². The van der Waals surface area contributed by atoms with Crippen molar-refractivity contribution < 1.29 is 4.79 Å². The fourth-order valence-corrected chi connectivity index (χ4v) is 2.45. The van der Waals surface area contributed by atoms with Gasteiger partial charge in [-0.1, -0.05) is 54.6 Å². The molecule has 0 aromatic rings. The molecular weight excluding hydrogens is 266 g/mol. The highest BCUT2D eigenvalue weighted by Gasteiger charge is 2.13. The Morgan fingerprint density at radius 1 is 1.31 bits per heavy atom. The predicted octanol–water partition coefficient (Wildman–Crippen LogP) is 3.76. The summed E-state index contributed by atoms with van der Waals surface area (Å²) >= 11 is 3.22. The van der Waals surface area contributed by atoms with E-state index >= 15 is 0 Å². The van der Waals surface area contributed by atoms with Crippen LogP contribution in [0.1, 0.15) is 51.4 Å². The summed E-state index contributed by atoms with van der Waals surface area (Å²) in [6.45, 7) is 4.23. The summed E-state index contributed by atoms with van der Waals surface area (Å²) < 4.78 is 0.827. The van der Waals surface area contributed by atoms with E-state index in [-0.39, 0.29) is 5.91 Å². The van der Waals surface area contributed by atoms with E-state index in [9.17, 15) is 4.79 Å². The summed E-state index contributed by atoms with van der Waals surface area (Å²) in [7, 11) is 0. The number of amides is 1. The summed E-state index contributed by atoms with van der Waals surface area (Å²) in [6.07, 6.45) is 9.86. The third-order valence-electron chi connectivity index (χ3n) is 3.22. The Kier molecular flexibility index (Phi) is 6.78. The van der Waals surface area contributed by atoms with Crippen LogP contribution in [0, 0.1) is 5.92 Å². The van der Waals surface area contributed by atoms with Gasteiger partial charge in [-0.25, -0.2) is 0 Å². The highest BCUT2D eigenvalue weighted by Crippen LogP contribution is 2.27. The molecule has 0 spiro atoms. The maximum absolute atomic E-state index is 11.4. The first kappa shape index (κ1) is 13.8. The molecule has 0 saturated heterocycles. The summed E-state index contributed by atoms with van der Waals surface area (Å²) in [6, 6.07) is 0. The molecule has 1 amide bonds. The van der Waals surface area contributed by atoms with Gasteiger partial charge in [-0.05, 0) is 18.8 Å². The van der Waals surface area contributed by atoms with E-state index in [2.05, 4.69) is 27.8 Å². The van der Waals surface area contributed by atoms with Crippen LogP contribution >= 0.6 is 15.9 Å². The molecule has 0 aliphatic heterocycles. The van der Waals surface area contributed by atoms with Gasteiger partial charge in [0.1, 0.15) is 0 Å². The van der Waals surface area contributed by atoms with E-state index in [1.807, 2.05) is 0 Å². The summed E-state index contributed by atoms with van der Waals surface area (Å²) in [5.41, 5.74) is 0. The normalized spacial score (nSPS) is 17.1. The second-order valence-electron chi connectivity index (χ2n) is 4.69. The highest BCUT2D eigenvalue weighted by atomic mass is 79.9. The van der Waals surface area contributed by atoms with Crippen molar-refractivity contribution in [2.45, 2.75) is 51.4 Å². The first-order valence-corrected chi connectivity index (χ1v) is 7.08. The van der Waals surface area contributed by atoms with E-state index < -0.39 is 0 Å². The van der Waals surface area contributed by atoms with Crippen LogP contribution in [0.15, 0.2) is 11.1 Å². The molecule has 1 aliphatic rings. The number of halogens is 1. The Morgan fingerprint density at radius 3 is 2.62 bits per heavy atom. The van der Waals surface area contributed by atoms with Crippen LogP contribution in [0.5, 0.6) is 0 Å². The third kappa shape index (κ3) is 6.31. The van der Waals surface area contributed by atoms with Crippen molar-refractivity contribution in [3.8, 4) is 0 Å². The molecular formula is C13H22BrNO. The van der Waals surface area contributed by atoms with Crippen molar-refractivity contribution in [1.29, 1.82) is 0 Å². The Hall–Kier alpha value is -0.310. The molecule has 1 saturated carbocycles. The molecule has 0 aromatic carbocycles. The first-order chi connectivity index (χ1) is 7.68. The maximum atomic E-state index is 11.4. The largest absolute Gasteiger partial charge is 0.352 e. The number of carbonyl (C=O) groups excluding carboxylic acids is 1. The first-order valence-electron chi connectivity index (χ1n) is 6.28. The van der Waals surface area contributed by atoms with Crippen LogP contribution in [-0.4, -0.2) is 12.5 Å². The molecule has 3 heteroatoms. The van der Waals surface area contributed by atoms with Gasteiger partial charge < -0.3 is 5.32 Å². The predicted molar refractivity (Wildman–Crippen MR) is 71.5 cm³/mol. The second kappa shape index (κ2) is 7.88. The van der Waals surface area contributed by atoms with E-state index in [0.29, 0.717) is 13.0 Å². The molecule has 0 unspecified atom stereocenters. The van der Waals surface area contributed by atoms with Crippen LogP contribution in [-0.2, 0) is 4.79 Å². The van der Waals surface area contributed by atoms with Crippen molar-refractivity contribution in [1.82, 2.24) is 5.32 Å². The molecule has 1 aliphatic carbocycles. The van der Waals surface area contributed by atoms with Gasteiger partial charge in [-0.3, -0.25) is 4.79 Å². The molecule has 1 rings (SSSR count). The van der Waals surface area contributed by atoms with Crippen LogP contribution < -0.4 is 5.32 Å². The van der Waals surface area contributed by atoms with Gasteiger partial charge in [0.15, 0.2) is 0 Å².